The molecule has 2 heterocycles. The predicted molar refractivity (Wildman–Crippen MR) is 81.6 cm³/mol. The summed E-state index contributed by atoms with van der Waals surface area (Å²) in [6.07, 6.45) is 1.72. The quantitative estimate of drug-likeness (QED) is 0.684. The second-order valence-electron chi connectivity index (χ2n) is 4.72. The molecule has 3 rings (SSSR count). The van der Waals surface area contributed by atoms with Gasteiger partial charge < -0.3 is 10.3 Å². The Morgan fingerprint density at radius 2 is 2.00 bits per heavy atom. The Morgan fingerprint density at radius 3 is 2.68 bits per heavy atom. The van der Waals surface area contributed by atoms with Crippen molar-refractivity contribution in [3.63, 3.8) is 0 Å². The van der Waals surface area contributed by atoms with Crippen LogP contribution in [0.1, 0.15) is 16.2 Å². The van der Waals surface area contributed by atoms with E-state index in [0.29, 0.717) is 11.5 Å². The molecule has 110 valence electrons. The number of carbonyl (C=O) groups is 1. The summed E-state index contributed by atoms with van der Waals surface area (Å²) in [5.74, 6) is 0.259. The highest BCUT2D eigenvalue weighted by molar-refractivity contribution is 6.04. The predicted octanol–water partition coefficient (Wildman–Crippen LogP) is 1.72. The molecule has 0 unspecified atom stereocenters. The molecule has 0 spiro atoms. The molecule has 0 fully saturated rings. The molecule has 1 aromatic carbocycles. The molecule has 7 nitrogen and oxygen atoms in total. The van der Waals surface area contributed by atoms with Gasteiger partial charge in [-0.3, -0.25) is 9.59 Å². The minimum Gasteiger partial charge on any atom is -0.342 e. The van der Waals surface area contributed by atoms with E-state index in [0.717, 1.165) is 11.3 Å². The first-order chi connectivity index (χ1) is 10.6. The first kappa shape index (κ1) is 13.7. The van der Waals surface area contributed by atoms with Crippen LogP contribution in [0.5, 0.6) is 0 Å². The van der Waals surface area contributed by atoms with E-state index in [1.54, 1.807) is 12.3 Å². The average Bonchev–Trinajstić information content (AvgIpc) is 2.95. The van der Waals surface area contributed by atoms with Crippen molar-refractivity contribution in [3.05, 3.63) is 64.3 Å². The van der Waals surface area contributed by atoms with Gasteiger partial charge in [-0.05, 0) is 25.1 Å². The molecule has 0 atom stereocenters. The second kappa shape index (κ2) is 5.65. The molecule has 0 saturated carbocycles. The fourth-order valence-corrected chi connectivity index (χ4v) is 2.01. The van der Waals surface area contributed by atoms with Crippen molar-refractivity contribution in [3.8, 4) is 11.4 Å². The highest BCUT2D eigenvalue weighted by atomic mass is 16.2. The van der Waals surface area contributed by atoms with Gasteiger partial charge in [0.2, 0.25) is 0 Å². The Labute approximate surface area is 125 Å². The van der Waals surface area contributed by atoms with E-state index < -0.39 is 5.91 Å². The van der Waals surface area contributed by atoms with Crippen molar-refractivity contribution < 1.29 is 4.79 Å². The zero-order valence-electron chi connectivity index (χ0n) is 11.8. The number of aromatic nitrogens is 4. The van der Waals surface area contributed by atoms with Gasteiger partial charge in [0.1, 0.15) is 11.5 Å². The maximum Gasteiger partial charge on any atom is 0.276 e. The number of rotatable bonds is 3. The molecule has 3 aromatic rings. The molecule has 0 radical (unpaired) electrons. The summed E-state index contributed by atoms with van der Waals surface area (Å²) in [6.45, 7) is 1.90. The van der Waals surface area contributed by atoms with Gasteiger partial charge in [-0.15, -0.1) is 0 Å². The van der Waals surface area contributed by atoms with Gasteiger partial charge >= 0.3 is 0 Å². The minimum atomic E-state index is -0.410. The number of anilines is 1. The van der Waals surface area contributed by atoms with Crippen LogP contribution in [-0.4, -0.2) is 26.1 Å². The van der Waals surface area contributed by atoms with Crippen LogP contribution in [0.15, 0.2) is 47.4 Å². The van der Waals surface area contributed by atoms with Crippen molar-refractivity contribution in [2.45, 2.75) is 6.92 Å². The van der Waals surface area contributed by atoms with Gasteiger partial charge in [-0.2, -0.15) is 5.10 Å². The standard InChI is InChI=1S/C15H13N5O2/c1-9-8-16-14(17-9)10-4-2-3-5-11(10)18-15(22)12-6-7-13(21)20-19-12/h2-8H,1H3,(H,16,17)(H,18,22)(H,20,21). The summed E-state index contributed by atoms with van der Waals surface area (Å²) >= 11 is 0. The molecule has 0 saturated heterocycles. The van der Waals surface area contributed by atoms with Crippen LogP contribution in [0.3, 0.4) is 0 Å². The summed E-state index contributed by atoms with van der Waals surface area (Å²) < 4.78 is 0. The van der Waals surface area contributed by atoms with Gasteiger partial charge in [0, 0.05) is 23.5 Å². The zero-order valence-corrected chi connectivity index (χ0v) is 11.8. The third-order valence-corrected chi connectivity index (χ3v) is 3.05. The minimum absolute atomic E-state index is 0.130. The zero-order chi connectivity index (χ0) is 15.5. The summed E-state index contributed by atoms with van der Waals surface area (Å²) in [6, 6.07) is 9.93. The van der Waals surface area contributed by atoms with E-state index in [9.17, 15) is 9.59 Å². The number of imidazole rings is 1. The van der Waals surface area contributed by atoms with Gasteiger partial charge in [-0.1, -0.05) is 12.1 Å². The fourth-order valence-electron chi connectivity index (χ4n) is 2.01. The lowest BCUT2D eigenvalue weighted by Crippen LogP contribution is -2.17. The van der Waals surface area contributed by atoms with Crippen LogP contribution >= 0.6 is 0 Å². The summed E-state index contributed by atoms with van der Waals surface area (Å²) in [5, 5.41) is 8.71. The normalized spacial score (nSPS) is 10.4. The molecule has 0 aliphatic heterocycles. The SMILES string of the molecule is Cc1cnc(-c2ccccc2NC(=O)c2ccc(=O)[nH]n2)[nH]1. The number of para-hydroxylation sites is 1. The summed E-state index contributed by atoms with van der Waals surface area (Å²) in [4.78, 5) is 30.6. The summed E-state index contributed by atoms with van der Waals surface area (Å²) in [5.41, 5.74) is 2.08. The Kier molecular flexibility index (Phi) is 3.53. The topological polar surface area (TPSA) is 104 Å². The average molecular weight is 295 g/mol. The first-order valence-electron chi connectivity index (χ1n) is 6.61. The number of H-pyrrole nitrogens is 2. The van der Waals surface area contributed by atoms with E-state index in [1.807, 2.05) is 25.1 Å². The van der Waals surface area contributed by atoms with Crippen LogP contribution in [0.4, 0.5) is 5.69 Å². The maximum absolute atomic E-state index is 12.2. The lowest BCUT2D eigenvalue weighted by Gasteiger charge is -2.08. The number of hydrogen-bond acceptors (Lipinski definition) is 4. The van der Waals surface area contributed by atoms with Crippen molar-refractivity contribution in [2.75, 3.05) is 5.32 Å². The monoisotopic (exact) mass is 295 g/mol. The maximum atomic E-state index is 12.2. The number of benzene rings is 1. The van der Waals surface area contributed by atoms with Crippen LogP contribution < -0.4 is 10.9 Å². The lowest BCUT2D eigenvalue weighted by molar-refractivity contribution is 0.102. The molecular formula is C15H13N5O2. The molecule has 1 amide bonds. The Morgan fingerprint density at radius 1 is 1.18 bits per heavy atom. The number of hydrogen-bond donors (Lipinski definition) is 3. The highest BCUT2D eigenvalue weighted by Gasteiger charge is 2.12. The van der Waals surface area contributed by atoms with Crippen molar-refractivity contribution in [1.82, 2.24) is 20.2 Å². The molecule has 7 heteroatoms. The first-order valence-corrected chi connectivity index (χ1v) is 6.61. The fraction of sp³-hybridized carbons (Fsp3) is 0.0667. The summed E-state index contributed by atoms with van der Waals surface area (Å²) in [7, 11) is 0. The third kappa shape index (κ3) is 2.78. The van der Waals surface area contributed by atoms with Crippen molar-refractivity contribution in [1.29, 1.82) is 0 Å². The van der Waals surface area contributed by atoms with Gasteiger partial charge in [0.25, 0.3) is 11.5 Å². The molecule has 0 aliphatic rings. The van der Waals surface area contributed by atoms with E-state index in [4.69, 9.17) is 0 Å². The van der Waals surface area contributed by atoms with E-state index in [1.165, 1.54) is 12.1 Å². The Bertz CT molecular complexity index is 861. The van der Waals surface area contributed by atoms with E-state index in [-0.39, 0.29) is 11.3 Å². The largest absolute Gasteiger partial charge is 0.342 e. The lowest BCUT2D eigenvalue weighted by atomic mass is 10.1. The van der Waals surface area contributed by atoms with Gasteiger partial charge in [0.05, 0.1) is 5.69 Å². The van der Waals surface area contributed by atoms with Crippen molar-refractivity contribution in [2.24, 2.45) is 0 Å². The van der Waals surface area contributed by atoms with Crippen LogP contribution in [0.25, 0.3) is 11.4 Å². The molecule has 2 aromatic heterocycles. The third-order valence-electron chi connectivity index (χ3n) is 3.05. The van der Waals surface area contributed by atoms with Gasteiger partial charge in [0.15, 0.2) is 0 Å². The number of aryl methyl sites for hydroxylation is 1. The Balaban J connectivity index is 1.91. The molecule has 22 heavy (non-hydrogen) atoms. The Hall–Kier alpha value is -3.22. The molecule has 3 N–H and O–H groups in total. The number of amides is 1. The molecule has 0 bridgehead atoms. The number of nitrogens with zero attached hydrogens (tertiary/aromatic N) is 2. The number of aromatic amines is 2. The van der Waals surface area contributed by atoms with Crippen LogP contribution in [0, 0.1) is 6.92 Å². The number of carbonyl (C=O) groups excluding carboxylic acids is 1. The number of nitrogens with one attached hydrogen (secondary N) is 3. The highest BCUT2D eigenvalue weighted by Crippen LogP contribution is 2.25. The van der Waals surface area contributed by atoms with Gasteiger partial charge in [-0.25, -0.2) is 10.1 Å². The van der Waals surface area contributed by atoms with E-state index >= 15 is 0 Å². The van der Waals surface area contributed by atoms with Crippen LogP contribution in [-0.2, 0) is 0 Å². The molecular weight excluding hydrogens is 282 g/mol. The van der Waals surface area contributed by atoms with E-state index in [2.05, 4.69) is 25.5 Å². The van der Waals surface area contributed by atoms with Crippen LogP contribution in [0.2, 0.25) is 0 Å². The molecule has 0 aliphatic carbocycles. The van der Waals surface area contributed by atoms with Crippen molar-refractivity contribution >= 4 is 11.6 Å². The second-order valence-corrected chi connectivity index (χ2v) is 4.72. The smallest absolute Gasteiger partial charge is 0.276 e.